The van der Waals surface area contributed by atoms with E-state index in [0.717, 1.165) is 24.0 Å². The third-order valence-corrected chi connectivity index (χ3v) is 6.61. The first kappa shape index (κ1) is 22.1. The van der Waals surface area contributed by atoms with Crippen molar-refractivity contribution < 1.29 is 9.59 Å². The molecule has 2 fully saturated rings. The van der Waals surface area contributed by atoms with Gasteiger partial charge in [-0.05, 0) is 61.1 Å². The zero-order valence-corrected chi connectivity index (χ0v) is 18.8. The normalized spacial score (nSPS) is 23.2. The summed E-state index contributed by atoms with van der Waals surface area (Å²) in [5, 5.41) is 11.0. The number of hydrogen-bond acceptors (Lipinski definition) is 3. The predicted octanol–water partition coefficient (Wildman–Crippen LogP) is 3.66. The molecule has 0 spiro atoms. The summed E-state index contributed by atoms with van der Waals surface area (Å²) < 4.78 is 0. The van der Waals surface area contributed by atoms with Gasteiger partial charge in [-0.25, -0.2) is 0 Å². The van der Waals surface area contributed by atoms with Crippen LogP contribution in [0.5, 0.6) is 0 Å². The highest BCUT2D eigenvalue weighted by Crippen LogP contribution is 2.26. The van der Waals surface area contributed by atoms with Gasteiger partial charge in [-0.15, -0.1) is 0 Å². The Hall–Kier alpha value is -2.08. The third kappa shape index (κ3) is 6.22. The molecular formula is C24H27Cl2N3O2. The lowest BCUT2D eigenvalue weighted by Crippen LogP contribution is -2.54. The standard InChI is InChI=1S/C24H27Cl2N3O2/c25-17-5-1-15(2-6-17)11-22(29-23(30)12-16-3-7-18(26)8-4-16)24(31)28-21-13-19-9-10-20(14-21)27-19/h1-8,19-22,27H,9-14H2,(H,28,31)(H,29,30)/t19-,20+,21?,22-/m1/s1. The second-order valence-electron chi connectivity index (χ2n) is 8.57. The maximum atomic E-state index is 13.2. The molecule has 31 heavy (non-hydrogen) atoms. The van der Waals surface area contributed by atoms with Crippen molar-refractivity contribution in [3.05, 3.63) is 69.7 Å². The monoisotopic (exact) mass is 459 g/mol. The summed E-state index contributed by atoms with van der Waals surface area (Å²) in [6.45, 7) is 0. The molecule has 0 saturated carbocycles. The molecule has 2 bridgehead atoms. The van der Waals surface area contributed by atoms with Gasteiger partial charge in [-0.1, -0.05) is 47.5 Å². The lowest BCUT2D eigenvalue weighted by atomic mass is 9.98. The van der Waals surface area contributed by atoms with Crippen LogP contribution in [-0.4, -0.2) is 36.0 Å². The van der Waals surface area contributed by atoms with E-state index in [-0.39, 0.29) is 24.3 Å². The van der Waals surface area contributed by atoms with Gasteiger partial charge in [0.1, 0.15) is 6.04 Å². The van der Waals surface area contributed by atoms with Crippen molar-refractivity contribution in [1.29, 1.82) is 0 Å². The zero-order valence-electron chi connectivity index (χ0n) is 17.2. The van der Waals surface area contributed by atoms with E-state index in [0.29, 0.717) is 28.5 Å². The number of hydrogen-bond donors (Lipinski definition) is 3. The highest BCUT2D eigenvalue weighted by molar-refractivity contribution is 6.30. The van der Waals surface area contributed by atoms with Gasteiger partial charge in [0, 0.05) is 34.6 Å². The number of carbonyl (C=O) groups excluding carboxylic acids is 2. The molecule has 5 nitrogen and oxygen atoms in total. The van der Waals surface area contributed by atoms with Crippen molar-refractivity contribution in [2.24, 2.45) is 0 Å². The minimum Gasteiger partial charge on any atom is -0.351 e. The smallest absolute Gasteiger partial charge is 0.243 e. The largest absolute Gasteiger partial charge is 0.351 e. The predicted molar refractivity (Wildman–Crippen MR) is 123 cm³/mol. The zero-order chi connectivity index (χ0) is 21.8. The van der Waals surface area contributed by atoms with Crippen LogP contribution in [0.3, 0.4) is 0 Å². The van der Waals surface area contributed by atoms with Crippen molar-refractivity contribution in [3.8, 4) is 0 Å². The molecule has 164 valence electrons. The average Bonchev–Trinajstić information content (AvgIpc) is 3.09. The van der Waals surface area contributed by atoms with Crippen molar-refractivity contribution in [3.63, 3.8) is 0 Å². The van der Waals surface area contributed by atoms with Crippen LogP contribution in [0, 0.1) is 0 Å². The number of rotatable bonds is 7. The van der Waals surface area contributed by atoms with Crippen LogP contribution in [-0.2, 0) is 22.4 Å². The van der Waals surface area contributed by atoms with Crippen LogP contribution in [0.4, 0.5) is 0 Å². The molecule has 4 atom stereocenters. The molecule has 2 saturated heterocycles. The molecule has 3 N–H and O–H groups in total. The Kier molecular flexibility index (Phi) is 7.16. The minimum atomic E-state index is -0.645. The molecular weight excluding hydrogens is 433 g/mol. The number of piperidine rings is 1. The van der Waals surface area contributed by atoms with Gasteiger partial charge in [0.2, 0.25) is 11.8 Å². The van der Waals surface area contributed by atoms with Gasteiger partial charge in [-0.2, -0.15) is 0 Å². The number of amides is 2. The number of benzene rings is 2. The molecule has 0 aliphatic carbocycles. The summed E-state index contributed by atoms with van der Waals surface area (Å²) in [7, 11) is 0. The lowest BCUT2D eigenvalue weighted by molar-refractivity contribution is -0.129. The molecule has 2 aliphatic heterocycles. The molecule has 7 heteroatoms. The second kappa shape index (κ2) is 10.0. The highest BCUT2D eigenvalue weighted by Gasteiger charge is 2.35. The highest BCUT2D eigenvalue weighted by atomic mass is 35.5. The molecule has 1 unspecified atom stereocenters. The summed E-state index contributed by atoms with van der Waals surface area (Å²) in [5.74, 6) is -0.326. The van der Waals surface area contributed by atoms with E-state index in [1.807, 2.05) is 24.3 Å². The van der Waals surface area contributed by atoms with Crippen LogP contribution in [0.25, 0.3) is 0 Å². The molecule has 2 heterocycles. The summed E-state index contributed by atoms with van der Waals surface area (Å²) >= 11 is 11.9. The van der Waals surface area contributed by atoms with E-state index in [9.17, 15) is 9.59 Å². The van der Waals surface area contributed by atoms with E-state index in [1.165, 1.54) is 12.8 Å². The SMILES string of the molecule is O=C(Cc1ccc(Cl)cc1)N[C@H](Cc1ccc(Cl)cc1)C(=O)NC1C[C@H]2CC[C@@H](C1)N2. The van der Waals surface area contributed by atoms with Crippen molar-refractivity contribution in [2.75, 3.05) is 0 Å². The van der Waals surface area contributed by atoms with E-state index in [4.69, 9.17) is 23.2 Å². The fourth-order valence-corrected chi connectivity index (χ4v) is 4.83. The van der Waals surface area contributed by atoms with Crippen LogP contribution in [0.2, 0.25) is 10.0 Å². The third-order valence-electron chi connectivity index (χ3n) is 6.10. The minimum absolute atomic E-state index is 0.134. The average molecular weight is 460 g/mol. The van der Waals surface area contributed by atoms with Gasteiger partial charge in [0.05, 0.1) is 6.42 Å². The topological polar surface area (TPSA) is 70.2 Å². The molecule has 2 aliphatic rings. The van der Waals surface area contributed by atoms with E-state index < -0.39 is 6.04 Å². The van der Waals surface area contributed by atoms with E-state index >= 15 is 0 Å². The summed E-state index contributed by atoms with van der Waals surface area (Å²) in [4.78, 5) is 25.9. The maximum Gasteiger partial charge on any atom is 0.243 e. The molecule has 2 aromatic rings. The van der Waals surface area contributed by atoms with Crippen molar-refractivity contribution in [2.45, 2.75) is 62.7 Å². The molecule has 2 aromatic carbocycles. The molecule has 0 radical (unpaired) electrons. The first-order chi connectivity index (χ1) is 14.9. The molecule has 0 aromatic heterocycles. The number of nitrogens with one attached hydrogen (secondary N) is 3. The Morgan fingerprint density at radius 1 is 0.903 bits per heavy atom. The first-order valence-electron chi connectivity index (χ1n) is 10.8. The maximum absolute atomic E-state index is 13.2. The Morgan fingerprint density at radius 3 is 2.03 bits per heavy atom. The molecule has 2 amide bonds. The Morgan fingerprint density at radius 2 is 1.45 bits per heavy atom. The lowest BCUT2D eigenvalue weighted by Gasteiger charge is -2.31. The summed E-state index contributed by atoms with van der Waals surface area (Å²) in [6, 6.07) is 15.0. The Balaban J connectivity index is 1.42. The Bertz CT molecular complexity index is 905. The van der Waals surface area contributed by atoms with Gasteiger partial charge < -0.3 is 16.0 Å². The van der Waals surface area contributed by atoms with Crippen molar-refractivity contribution >= 4 is 35.0 Å². The van der Waals surface area contributed by atoms with E-state index in [2.05, 4.69) is 16.0 Å². The van der Waals surface area contributed by atoms with Gasteiger partial charge in [0.25, 0.3) is 0 Å². The van der Waals surface area contributed by atoms with Crippen molar-refractivity contribution in [1.82, 2.24) is 16.0 Å². The second-order valence-corrected chi connectivity index (χ2v) is 9.44. The summed E-state index contributed by atoms with van der Waals surface area (Å²) in [5.41, 5.74) is 1.80. The van der Waals surface area contributed by atoms with Gasteiger partial charge in [-0.3, -0.25) is 9.59 Å². The number of carbonyl (C=O) groups is 2. The molecule has 4 rings (SSSR count). The first-order valence-corrected chi connectivity index (χ1v) is 11.5. The van der Waals surface area contributed by atoms with Gasteiger partial charge >= 0.3 is 0 Å². The quantitative estimate of drug-likeness (QED) is 0.591. The summed E-state index contributed by atoms with van der Waals surface area (Å²) in [6.07, 6.45) is 4.82. The fraction of sp³-hybridized carbons (Fsp3) is 0.417. The van der Waals surface area contributed by atoms with Gasteiger partial charge in [0.15, 0.2) is 0 Å². The van der Waals surface area contributed by atoms with Crippen LogP contribution < -0.4 is 16.0 Å². The van der Waals surface area contributed by atoms with Crippen LogP contribution in [0.1, 0.15) is 36.8 Å². The Labute approximate surface area is 192 Å². The van der Waals surface area contributed by atoms with Crippen LogP contribution >= 0.6 is 23.2 Å². The number of fused-ring (bicyclic) bond motifs is 2. The fourth-order valence-electron chi connectivity index (χ4n) is 4.58. The van der Waals surface area contributed by atoms with Crippen LogP contribution in [0.15, 0.2) is 48.5 Å². The number of halogens is 2. The van der Waals surface area contributed by atoms with E-state index in [1.54, 1.807) is 24.3 Å².